The van der Waals surface area contributed by atoms with Gasteiger partial charge in [-0.2, -0.15) is 0 Å². The number of benzene rings is 2. The molecule has 0 fully saturated rings. The van der Waals surface area contributed by atoms with Crippen LogP contribution < -0.4 is 5.73 Å². The highest BCUT2D eigenvalue weighted by Crippen LogP contribution is 2.19. The van der Waals surface area contributed by atoms with Crippen LogP contribution in [0.2, 0.25) is 0 Å². The summed E-state index contributed by atoms with van der Waals surface area (Å²) in [6.07, 6.45) is 0. The van der Waals surface area contributed by atoms with Crippen molar-refractivity contribution in [1.29, 1.82) is 0 Å². The van der Waals surface area contributed by atoms with Crippen molar-refractivity contribution in [3.8, 4) is 0 Å². The number of nitrogens with two attached hydrogens (primary N) is 1. The maximum atomic E-state index is 13.1. The van der Waals surface area contributed by atoms with Crippen molar-refractivity contribution >= 4 is 9.84 Å². The molecule has 2 aromatic rings. The van der Waals surface area contributed by atoms with Crippen molar-refractivity contribution in [2.24, 2.45) is 5.73 Å². The smallest absolute Gasteiger partial charge is 0.182 e. The lowest BCUT2D eigenvalue weighted by Gasteiger charge is -2.06. The van der Waals surface area contributed by atoms with E-state index in [2.05, 4.69) is 0 Å². The van der Waals surface area contributed by atoms with Crippen LogP contribution in [0.5, 0.6) is 0 Å². The van der Waals surface area contributed by atoms with E-state index < -0.39 is 21.5 Å². The molecule has 2 rings (SSSR count). The molecule has 106 valence electrons. The van der Waals surface area contributed by atoms with Gasteiger partial charge in [-0.1, -0.05) is 24.3 Å². The monoisotopic (exact) mass is 297 g/mol. The summed E-state index contributed by atoms with van der Waals surface area (Å²) >= 11 is 0. The zero-order valence-electron chi connectivity index (χ0n) is 10.5. The molecule has 0 unspecified atom stereocenters. The second-order valence-corrected chi connectivity index (χ2v) is 6.35. The Kier molecular flexibility index (Phi) is 4.15. The fourth-order valence-electron chi connectivity index (χ4n) is 1.82. The Balaban J connectivity index is 2.32. The normalized spacial score (nSPS) is 11.6. The van der Waals surface area contributed by atoms with E-state index in [1.54, 1.807) is 24.3 Å². The Bertz CT molecular complexity index is 730. The third kappa shape index (κ3) is 3.20. The zero-order valence-corrected chi connectivity index (χ0v) is 11.3. The van der Waals surface area contributed by atoms with Gasteiger partial charge >= 0.3 is 0 Å². The lowest BCUT2D eigenvalue weighted by atomic mass is 10.1. The summed E-state index contributed by atoms with van der Waals surface area (Å²) in [5.74, 6) is -2.54. The predicted molar refractivity (Wildman–Crippen MR) is 71.6 cm³/mol. The SMILES string of the molecule is NCc1cccc(CS(=O)(=O)c2ccc(F)c(F)c2)c1. The Morgan fingerprint density at radius 3 is 2.30 bits per heavy atom. The van der Waals surface area contributed by atoms with Crippen LogP contribution in [0, 0.1) is 11.6 Å². The van der Waals surface area contributed by atoms with Crippen molar-refractivity contribution in [2.75, 3.05) is 0 Å². The molecule has 0 aliphatic carbocycles. The fourth-order valence-corrected chi connectivity index (χ4v) is 3.16. The largest absolute Gasteiger partial charge is 0.326 e. The number of halogens is 2. The van der Waals surface area contributed by atoms with Crippen molar-refractivity contribution in [3.63, 3.8) is 0 Å². The van der Waals surface area contributed by atoms with Gasteiger partial charge in [0.1, 0.15) is 0 Å². The summed E-state index contributed by atoms with van der Waals surface area (Å²) in [4.78, 5) is -0.241. The number of hydrogen-bond acceptors (Lipinski definition) is 3. The molecule has 0 aliphatic rings. The lowest BCUT2D eigenvalue weighted by molar-refractivity contribution is 0.504. The molecule has 3 nitrogen and oxygen atoms in total. The molecule has 0 saturated heterocycles. The molecular formula is C14H13F2NO2S. The van der Waals surface area contributed by atoms with Gasteiger partial charge in [0.15, 0.2) is 21.5 Å². The maximum Gasteiger partial charge on any atom is 0.182 e. The number of sulfone groups is 1. The van der Waals surface area contributed by atoms with Crippen LogP contribution in [-0.2, 0) is 22.1 Å². The van der Waals surface area contributed by atoms with Crippen molar-refractivity contribution in [3.05, 3.63) is 65.2 Å². The molecule has 0 heterocycles. The minimum atomic E-state index is -3.73. The molecule has 0 amide bonds. The molecule has 0 aromatic heterocycles. The number of rotatable bonds is 4. The second kappa shape index (κ2) is 5.68. The Labute approximate surface area is 116 Å². The maximum absolute atomic E-state index is 13.1. The van der Waals surface area contributed by atoms with Crippen LogP contribution in [0.25, 0.3) is 0 Å². The fraction of sp³-hybridized carbons (Fsp3) is 0.143. The summed E-state index contributed by atoms with van der Waals surface area (Å²) in [5.41, 5.74) is 6.85. The van der Waals surface area contributed by atoms with Crippen LogP contribution >= 0.6 is 0 Å². The Morgan fingerprint density at radius 2 is 1.65 bits per heavy atom. The van der Waals surface area contributed by atoms with E-state index >= 15 is 0 Å². The van der Waals surface area contributed by atoms with Crippen molar-refractivity contribution in [2.45, 2.75) is 17.2 Å². The van der Waals surface area contributed by atoms with Gasteiger partial charge in [0.25, 0.3) is 0 Å². The highest BCUT2D eigenvalue weighted by molar-refractivity contribution is 7.90. The second-order valence-electron chi connectivity index (χ2n) is 4.36. The van der Waals surface area contributed by atoms with E-state index in [-0.39, 0.29) is 10.6 Å². The first-order chi connectivity index (χ1) is 9.42. The molecule has 0 bridgehead atoms. The first kappa shape index (κ1) is 14.6. The van der Waals surface area contributed by atoms with E-state index in [0.717, 1.165) is 17.7 Å². The quantitative estimate of drug-likeness (QED) is 0.882. The lowest BCUT2D eigenvalue weighted by Crippen LogP contribution is -2.07. The van der Waals surface area contributed by atoms with Gasteiger partial charge in [-0.05, 0) is 29.3 Å². The average Bonchev–Trinajstić information content (AvgIpc) is 2.41. The van der Waals surface area contributed by atoms with Crippen LogP contribution in [0.1, 0.15) is 11.1 Å². The molecule has 0 saturated carbocycles. The molecule has 6 heteroatoms. The van der Waals surface area contributed by atoms with Gasteiger partial charge < -0.3 is 5.73 Å². The Hall–Kier alpha value is -1.79. The van der Waals surface area contributed by atoms with Gasteiger partial charge in [0.05, 0.1) is 10.6 Å². The minimum Gasteiger partial charge on any atom is -0.326 e. The van der Waals surface area contributed by atoms with E-state index in [1.165, 1.54) is 0 Å². The van der Waals surface area contributed by atoms with E-state index in [4.69, 9.17) is 5.73 Å². The molecule has 0 aliphatic heterocycles. The molecule has 0 atom stereocenters. The molecule has 0 radical (unpaired) electrons. The van der Waals surface area contributed by atoms with E-state index in [0.29, 0.717) is 18.2 Å². The van der Waals surface area contributed by atoms with Crippen LogP contribution in [0.3, 0.4) is 0 Å². The summed E-state index contributed by atoms with van der Waals surface area (Å²) in [7, 11) is -3.73. The van der Waals surface area contributed by atoms with Crippen LogP contribution in [-0.4, -0.2) is 8.42 Å². The van der Waals surface area contributed by atoms with Gasteiger partial charge in [0, 0.05) is 6.54 Å². The molecule has 2 aromatic carbocycles. The third-order valence-electron chi connectivity index (χ3n) is 2.83. The van der Waals surface area contributed by atoms with Gasteiger partial charge in [-0.25, -0.2) is 17.2 Å². The molecular weight excluding hydrogens is 284 g/mol. The van der Waals surface area contributed by atoms with E-state index in [1.807, 2.05) is 0 Å². The average molecular weight is 297 g/mol. The zero-order chi connectivity index (χ0) is 14.8. The molecule has 2 N–H and O–H groups in total. The highest BCUT2D eigenvalue weighted by Gasteiger charge is 2.17. The summed E-state index contributed by atoms with van der Waals surface area (Å²) in [6.45, 7) is 0.305. The summed E-state index contributed by atoms with van der Waals surface area (Å²) in [5, 5.41) is 0. The Morgan fingerprint density at radius 1 is 0.950 bits per heavy atom. The summed E-state index contributed by atoms with van der Waals surface area (Å²) in [6, 6.07) is 9.37. The van der Waals surface area contributed by atoms with Crippen molar-refractivity contribution < 1.29 is 17.2 Å². The van der Waals surface area contributed by atoms with Crippen LogP contribution in [0.4, 0.5) is 8.78 Å². The number of hydrogen-bond donors (Lipinski definition) is 1. The first-order valence-corrected chi connectivity index (χ1v) is 7.53. The third-order valence-corrected chi connectivity index (χ3v) is 4.52. The highest BCUT2D eigenvalue weighted by atomic mass is 32.2. The van der Waals surface area contributed by atoms with Crippen molar-refractivity contribution in [1.82, 2.24) is 0 Å². The standard InChI is InChI=1S/C14H13F2NO2S/c15-13-5-4-12(7-14(13)16)20(18,19)9-11-3-1-2-10(6-11)8-17/h1-7H,8-9,17H2. The van der Waals surface area contributed by atoms with E-state index in [9.17, 15) is 17.2 Å². The molecule has 20 heavy (non-hydrogen) atoms. The predicted octanol–water partition coefficient (Wildman–Crippen LogP) is 2.40. The van der Waals surface area contributed by atoms with Crippen LogP contribution in [0.15, 0.2) is 47.4 Å². The molecule has 0 spiro atoms. The van der Waals surface area contributed by atoms with Gasteiger partial charge in [0.2, 0.25) is 0 Å². The topological polar surface area (TPSA) is 60.2 Å². The minimum absolute atomic E-state index is 0.241. The summed E-state index contributed by atoms with van der Waals surface area (Å²) < 4.78 is 50.2. The van der Waals surface area contributed by atoms with Gasteiger partial charge in [-0.3, -0.25) is 0 Å². The van der Waals surface area contributed by atoms with Gasteiger partial charge in [-0.15, -0.1) is 0 Å². The first-order valence-electron chi connectivity index (χ1n) is 5.88.